The molecule has 0 aliphatic carbocycles. The molecule has 0 bridgehead atoms. The minimum Gasteiger partial charge on any atom is -0.493 e. The number of nitrogens with zero attached hydrogens (tertiary/aromatic N) is 3. The van der Waals surface area contributed by atoms with Gasteiger partial charge in [-0.2, -0.15) is 4.98 Å². The van der Waals surface area contributed by atoms with Gasteiger partial charge in [-0.15, -0.1) is 0 Å². The van der Waals surface area contributed by atoms with Gasteiger partial charge < -0.3 is 19.1 Å². The molecule has 1 saturated heterocycles. The maximum Gasteiger partial charge on any atom is 0.246 e. The van der Waals surface area contributed by atoms with Crippen LogP contribution in [0.15, 0.2) is 30.3 Å². The first-order valence-corrected chi connectivity index (χ1v) is 9.16. The van der Waals surface area contributed by atoms with Crippen LogP contribution in [0.25, 0.3) is 6.08 Å². The van der Waals surface area contributed by atoms with Crippen LogP contribution < -0.4 is 14.2 Å². The monoisotopic (exact) mass is 383 g/mol. The van der Waals surface area contributed by atoms with E-state index in [4.69, 9.17) is 14.2 Å². The molecule has 1 fully saturated rings. The van der Waals surface area contributed by atoms with Gasteiger partial charge in [0.1, 0.15) is 11.9 Å². The van der Waals surface area contributed by atoms with Crippen LogP contribution in [0.2, 0.25) is 0 Å². The number of aryl methyl sites for hydroxylation is 2. The second-order valence-electron chi connectivity index (χ2n) is 6.66. The molecule has 0 saturated carbocycles. The molecule has 0 radical (unpaired) electrons. The van der Waals surface area contributed by atoms with Crippen molar-refractivity contribution in [2.45, 2.75) is 26.4 Å². The Kier molecular flexibility index (Phi) is 6.13. The summed E-state index contributed by atoms with van der Waals surface area (Å²) in [5, 5.41) is 0. The fraction of sp³-hybridized carbons (Fsp3) is 0.381. The molecule has 1 aromatic carbocycles. The fourth-order valence-corrected chi connectivity index (χ4v) is 3.17. The summed E-state index contributed by atoms with van der Waals surface area (Å²) in [5.41, 5.74) is 1.73. The van der Waals surface area contributed by atoms with Gasteiger partial charge in [0.25, 0.3) is 0 Å². The van der Waals surface area contributed by atoms with E-state index in [1.54, 1.807) is 31.3 Å². The Labute approximate surface area is 165 Å². The average molecular weight is 383 g/mol. The number of benzene rings is 1. The summed E-state index contributed by atoms with van der Waals surface area (Å²) in [6.07, 6.45) is 4.06. The van der Waals surface area contributed by atoms with Gasteiger partial charge in [0.15, 0.2) is 11.5 Å². The van der Waals surface area contributed by atoms with Gasteiger partial charge in [-0.25, -0.2) is 4.98 Å². The van der Waals surface area contributed by atoms with E-state index in [2.05, 4.69) is 9.97 Å². The van der Waals surface area contributed by atoms with Gasteiger partial charge in [0, 0.05) is 30.8 Å². The zero-order chi connectivity index (χ0) is 20.1. The topological polar surface area (TPSA) is 73.8 Å². The number of carbonyl (C=O) groups excluding carboxylic acids is 1. The molecule has 2 aromatic rings. The predicted octanol–water partition coefficient (Wildman–Crippen LogP) is 2.80. The normalized spacial score (nSPS) is 16.4. The lowest BCUT2D eigenvalue weighted by atomic mass is 10.2. The molecule has 148 valence electrons. The van der Waals surface area contributed by atoms with E-state index in [1.165, 1.54) is 0 Å². The highest BCUT2D eigenvalue weighted by molar-refractivity contribution is 5.92. The lowest BCUT2D eigenvalue weighted by Crippen LogP contribution is -2.29. The van der Waals surface area contributed by atoms with Crippen molar-refractivity contribution in [3.8, 4) is 17.4 Å². The molecule has 1 aliphatic heterocycles. The largest absolute Gasteiger partial charge is 0.493 e. The smallest absolute Gasteiger partial charge is 0.246 e. The zero-order valence-electron chi connectivity index (χ0n) is 16.6. The van der Waals surface area contributed by atoms with Crippen molar-refractivity contribution < 1.29 is 19.0 Å². The third-order valence-electron chi connectivity index (χ3n) is 4.51. The van der Waals surface area contributed by atoms with E-state index < -0.39 is 0 Å². The van der Waals surface area contributed by atoms with Crippen LogP contribution >= 0.6 is 0 Å². The quantitative estimate of drug-likeness (QED) is 0.714. The van der Waals surface area contributed by atoms with E-state index in [9.17, 15) is 4.79 Å². The first-order chi connectivity index (χ1) is 13.5. The van der Waals surface area contributed by atoms with Gasteiger partial charge >= 0.3 is 0 Å². The van der Waals surface area contributed by atoms with Gasteiger partial charge in [-0.05, 0) is 37.6 Å². The van der Waals surface area contributed by atoms with Crippen molar-refractivity contribution >= 4 is 12.0 Å². The predicted molar refractivity (Wildman–Crippen MR) is 106 cm³/mol. The van der Waals surface area contributed by atoms with Gasteiger partial charge in [-0.1, -0.05) is 6.07 Å². The average Bonchev–Trinajstić information content (AvgIpc) is 3.13. The number of hydrogen-bond acceptors (Lipinski definition) is 6. The van der Waals surface area contributed by atoms with Crippen LogP contribution in [0, 0.1) is 13.8 Å². The van der Waals surface area contributed by atoms with Crippen molar-refractivity contribution in [3.05, 3.63) is 47.4 Å². The summed E-state index contributed by atoms with van der Waals surface area (Å²) < 4.78 is 16.5. The highest BCUT2D eigenvalue weighted by Gasteiger charge is 2.27. The number of hydrogen-bond donors (Lipinski definition) is 0. The van der Waals surface area contributed by atoms with Gasteiger partial charge in [0.2, 0.25) is 11.8 Å². The molecule has 1 amide bonds. The molecule has 7 heteroatoms. The lowest BCUT2D eigenvalue weighted by molar-refractivity contribution is -0.125. The van der Waals surface area contributed by atoms with Crippen molar-refractivity contribution in [1.82, 2.24) is 14.9 Å². The Morgan fingerprint density at radius 2 is 1.93 bits per heavy atom. The number of likely N-dealkylation sites (tertiary alicyclic amines) is 1. The molecular weight excluding hydrogens is 358 g/mol. The Morgan fingerprint density at radius 3 is 2.64 bits per heavy atom. The number of rotatable bonds is 6. The molecule has 0 spiro atoms. The van der Waals surface area contributed by atoms with E-state index in [0.717, 1.165) is 17.7 Å². The standard InChI is InChI=1S/C21H25N3O4/c1-14-11-20(23-15(2)22-14)28-17-9-10-24(13-17)21(25)8-6-16-5-7-18(26-3)19(12-16)27-4/h5-8,11-12,17H,9-10,13H2,1-4H3/b8-6+/t17-/m1/s1. The second-order valence-corrected chi connectivity index (χ2v) is 6.66. The van der Waals surface area contributed by atoms with E-state index in [-0.39, 0.29) is 12.0 Å². The van der Waals surface area contributed by atoms with Crippen molar-refractivity contribution in [1.29, 1.82) is 0 Å². The minimum atomic E-state index is -0.0628. The first kappa shape index (κ1) is 19.7. The number of amides is 1. The molecule has 1 aliphatic rings. The summed E-state index contributed by atoms with van der Waals surface area (Å²) >= 11 is 0. The SMILES string of the molecule is COc1ccc(/C=C/C(=O)N2CC[C@@H](Oc3cc(C)nc(C)n3)C2)cc1OC. The van der Waals surface area contributed by atoms with Crippen molar-refractivity contribution in [3.63, 3.8) is 0 Å². The van der Waals surface area contributed by atoms with Crippen LogP contribution in [0.5, 0.6) is 17.4 Å². The lowest BCUT2D eigenvalue weighted by Gasteiger charge is -2.15. The van der Waals surface area contributed by atoms with Gasteiger partial charge in [-0.3, -0.25) is 4.79 Å². The molecule has 0 unspecified atom stereocenters. The summed E-state index contributed by atoms with van der Waals surface area (Å²) in [7, 11) is 3.17. The fourth-order valence-electron chi connectivity index (χ4n) is 3.17. The molecular formula is C21H25N3O4. The van der Waals surface area contributed by atoms with Crippen LogP contribution in [-0.2, 0) is 4.79 Å². The maximum atomic E-state index is 12.5. The number of aromatic nitrogens is 2. The van der Waals surface area contributed by atoms with Gasteiger partial charge in [0.05, 0.1) is 20.8 Å². The number of ether oxygens (including phenoxy) is 3. The highest BCUT2D eigenvalue weighted by Crippen LogP contribution is 2.28. The summed E-state index contributed by atoms with van der Waals surface area (Å²) in [6, 6.07) is 7.34. The maximum absolute atomic E-state index is 12.5. The first-order valence-electron chi connectivity index (χ1n) is 9.16. The molecule has 2 heterocycles. The Bertz CT molecular complexity index is 862. The molecule has 0 N–H and O–H groups in total. The molecule has 28 heavy (non-hydrogen) atoms. The Hall–Kier alpha value is -3.09. The second kappa shape index (κ2) is 8.73. The third kappa shape index (κ3) is 4.79. The third-order valence-corrected chi connectivity index (χ3v) is 4.51. The van der Waals surface area contributed by atoms with Crippen LogP contribution in [0.1, 0.15) is 23.5 Å². The minimum absolute atomic E-state index is 0.0454. The highest BCUT2D eigenvalue weighted by atomic mass is 16.5. The molecule has 1 aromatic heterocycles. The summed E-state index contributed by atoms with van der Waals surface area (Å²) in [6.45, 7) is 4.94. The van der Waals surface area contributed by atoms with Crippen molar-refractivity contribution in [2.75, 3.05) is 27.3 Å². The Morgan fingerprint density at radius 1 is 1.14 bits per heavy atom. The van der Waals surface area contributed by atoms with Crippen LogP contribution in [0.3, 0.4) is 0 Å². The molecule has 1 atom stereocenters. The number of methoxy groups -OCH3 is 2. The Balaban J connectivity index is 1.59. The van der Waals surface area contributed by atoms with E-state index in [1.807, 2.05) is 38.1 Å². The van der Waals surface area contributed by atoms with Crippen LogP contribution in [0.4, 0.5) is 0 Å². The summed E-state index contributed by atoms with van der Waals surface area (Å²) in [5.74, 6) is 2.47. The molecule has 7 nitrogen and oxygen atoms in total. The number of carbonyl (C=O) groups is 1. The van der Waals surface area contributed by atoms with Crippen LogP contribution in [-0.4, -0.2) is 54.2 Å². The molecule has 3 rings (SSSR count). The zero-order valence-corrected chi connectivity index (χ0v) is 16.6. The van der Waals surface area contributed by atoms with E-state index in [0.29, 0.717) is 36.3 Å². The van der Waals surface area contributed by atoms with E-state index >= 15 is 0 Å². The van der Waals surface area contributed by atoms with Crippen molar-refractivity contribution in [2.24, 2.45) is 0 Å². The summed E-state index contributed by atoms with van der Waals surface area (Å²) in [4.78, 5) is 22.8.